The molecule has 62 valence electrons. The third-order valence-electron chi connectivity index (χ3n) is 1.30. The van der Waals surface area contributed by atoms with Gasteiger partial charge in [-0.1, -0.05) is 5.92 Å². The Kier molecular flexibility index (Phi) is 3.95. The highest BCUT2D eigenvalue weighted by Gasteiger charge is 1.90. The molecule has 0 saturated heterocycles. The van der Waals surface area contributed by atoms with Crippen LogP contribution >= 0.6 is 22.6 Å². The zero-order valence-corrected chi connectivity index (χ0v) is 8.96. The Bertz CT molecular complexity index is 292. The van der Waals surface area contributed by atoms with E-state index in [1.807, 2.05) is 24.3 Å². The first kappa shape index (κ1) is 9.40. The molecule has 0 unspecified atom stereocenters. The summed E-state index contributed by atoms with van der Waals surface area (Å²) in [6.07, 6.45) is 0. The van der Waals surface area contributed by atoms with E-state index < -0.39 is 0 Å². The van der Waals surface area contributed by atoms with Crippen LogP contribution in [0.4, 0.5) is 0 Å². The first-order chi connectivity index (χ1) is 5.83. The standard InChI is InChI=1S/C10H9IO/c1-2-3-8-12-10-6-4-9(11)5-7-10/h4-7H,8H2,1H3. The van der Waals surface area contributed by atoms with Crippen LogP contribution in [0, 0.1) is 15.4 Å². The molecule has 1 aromatic rings. The fourth-order valence-corrected chi connectivity index (χ4v) is 1.08. The Morgan fingerprint density at radius 1 is 1.33 bits per heavy atom. The SMILES string of the molecule is CC#CCOc1ccc(I)cc1. The van der Waals surface area contributed by atoms with Gasteiger partial charge in [-0.2, -0.15) is 0 Å². The van der Waals surface area contributed by atoms with Gasteiger partial charge >= 0.3 is 0 Å². The highest BCUT2D eigenvalue weighted by Crippen LogP contribution is 2.12. The van der Waals surface area contributed by atoms with Crippen molar-refractivity contribution in [2.75, 3.05) is 6.61 Å². The molecule has 0 amide bonds. The first-order valence-corrected chi connectivity index (χ1v) is 4.69. The largest absolute Gasteiger partial charge is 0.481 e. The van der Waals surface area contributed by atoms with Crippen molar-refractivity contribution in [1.82, 2.24) is 0 Å². The Balaban J connectivity index is 2.51. The molecule has 0 heterocycles. The summed E-state index contributed by atoms with van der Waals surface area (Å²) in [6.45, 7) is 2.27. The van der Waals surface area contributed by atoms with Crippen LogP contribution in [0.15, 0.2) is 24.3 Å². The van der Waals surface area contributed by atoms with Crippen LogP contribution in [0.2, 0.25) is 0 Å². The minimum atomic E-state index is 0.469. The van der Waals surface area contributed by atoms with E-state index in [4.69, 9.17) is 4.74 Å². The molecule has 0 aliphatic carbocycles. The number of hydrogen-bond acceptors (Lipinski definition) is 1. The maximum atomic E-state index is 5.32. The van der Waals surface area contributed by atoms with Crippen LogP contribution in [-0.4, -0.2) is 6.61 Å². The maximum absolute atomic E-state index is 5.32. The van der Waals surface area contributed by atoms with Crippen LogP contribution in [0.5, 0.6) is 5.75 Å². The fourth-order valence-electron chi connectivity index (χ4n) is 0.722. The summed E-state index contributed by atoms with van der Waals surface area (Å²) in [7, 11) is 0. The number of benzene rings is 1. The molecular weight excluding hydrogens is 263 g/mol. The molecule has 0 aromatic heterocycles. The smallest absolute Gasteiger partial charge is 0.149 e. The summed E-state index contributed by atoms with van der Waals surface area (Å²) in [5, 5.41) is 0. The lowest BCUT2D eigenvalue weighted by molar-refractivity contribution is 0.370. The third-order valence-corrected chi connectivity index (χ3v) is 2.02. The molecule has 0 aliphatic rings. The minimum Gasteiger partial charge on any atom is -0.481 e. The monoisotopic (exact) mass is 272 g/mol. The number of ether oxygens (including phenoxy) is 1. The van der Waals surface area contributed by atoms with Crippen molar-refractivity contribution >= 4 is 22.6 Å². The Morgan fingerprint density at radius 2 is 2.00 bits per heavy atom. The van der Waals surface area contributed by atoms with E-state index in [0.717, 1.165) is 5.75 Å². The number of hydrogen-bond donors (Lipinski definition) is 0. The Labute approximate surface area is 86.3 Å². The highest BCUT2D eigenvalue weighted by molar-refractivity contribution is 14.1. The van der Waals surface area contributed by atoms with E-state index in [2.05, 4.69) is 34.4 Å². The molecule has 12 heavy (non-hydrogen) atoms. The second kappa shape index (κ2) is 5.04. The average Bonchev–Trinajstić information content (AvgIpc) is 2.09. The molecule has 0 N–H and O–H groups in total. The van der Waals surface area contributed by atoms with Crippen molar-refractivity contribution < 1.29 is 4.74 Å². The lowest BCUT2D eigenvalue weighted by Gasteiger charge is -2.00. The third kappa shape index (κ3) is 3.14. The zero-order chi connectivity index (χ0) is 8.81. The van der Waals surface area contributed by atoms with E-state index >= 15 is 0 Å². The lowest BCUT2D eigenvalue weighted by Crippen LogP contribution is -1.92. The van der Waals surface area contributed by atoms with Crippen molar-refractivity contribution in [1.29, 1.82) is 0 Å². The predicted molar refractivity (Wildman–Crippen MR) is 58.1 cm³/mol. The topological polar surface area (TPSA) is 9.23 Å². The van der Waals surface area contributed by atoms with E-state index in [9.17, 15) is 0 Å². The van der Waals surface area contributed by atoms with Gasteiger partial charge in [-0.15, -0.1) is 5.92 Å². The zero-order valence-electron chi connectivity index (χ0n) is 6.80. The first-order valence-electron chi connectivity index (χ1n) is 3.61. The van der Waals surface area contributed by atoms with E-state index in [0.29, 0.717) is 6.61 Å². The quantitative estimate of drug-likeness (QED) is 0.594. The van der Waals surface area contributed by atoms with Gasteiger partial charge in [0.2, 0.25) is 0 Å². The second-order valence-corrected chi connectivity index (χ2v) is 3.42. The van der Waals surface area contributed by atoms with E-state index in [-0.39, 0.29) is 0 Å². The van der Waals surface area contributed by atoms with Crippen LogP contribution in [0.1, 0.15) is 6.92 Å². The van der Waals surface area contributed by atoms with Crippen molar-refractivity contribution in [3.63, 3.8) is 0 Å². The minimum absolute atomic E-state index is 0.469. The molecule has 0 saturated carbocycles. The summed E-state index contributed by atoms with van der Waals surface area (Å²) < 4.78 is 6.53. The summed E-state index contributed by atoms with van der Waals surface area (Å²) in [5.74, 6) is 6.48. The normalized spacial score (nSPS) is 8.50. The maximum Gasteiger partial charge on any atom is 0.149 e. The van der Waals surface area contributed by atoms with Crippen LogP contribution < -0.4 is 4.74 Å². The Morgan fingerprint density at radius 3 is 2.58 bits per heavy atom. The predicted octanol–water partition coefficient (Wildman–Crippen LogP) is 2.69. The van der Waals surface area contributed by atoms with Gasteiger partial charge < -0.3 is 4.74 Å². The van der Waals surface area contributed by atoms with Gasteiger partial charge in [0, 0.05) is 3.57 Å². The molecule has 0 bridgehead atoms. The molecule has 1 nitrogen and oxygen atoms in total. The lowest BCUT2D eigenvalue weighted by atomic mass is 10.3. The van der Waals surface area contributed by atoms with Gasteiger partial charge in [0.05, 0.1) is 0 Å². The highest BCUT2D eigenvalue weighted by atomic mass is 127. The number of halogens is 1. The van der Waals surface area contributed by atoms with Gasteiger partial charge in [-0.25, -0.2) is 0 Å². The van der Waals surface area contributed by atoms with Gasteiger partial charge in [-0.3, -0.25) is 0 Å². The summed E-state index contributed by atoms with van der Waals surface area (Å²) in [4.78, 5) is 0. The average molecular weight is 272 g/mol. The van der Waals surface area contributed by atoms with Gasteiger partial charge in [0.1, 0.15) is 12.4 Å². The van der Waals surface area contributed by atoms with Crippen LogP contribution in [0.3, 0.4) is 0 Å². The molecule has 0 fully saturated rings. The van der Waals surface area contributed by atoms with Crippen molar-refractivity contribution in [2.45, 2.75) is 6.92 Å². The molecule has 0 atom stereocenters. The van der Waals surface area contributed by atoms with Crippen molar-refractivity contribution in [3.8, 4) is 17.6 Å². The van der Waals surface area contributed by atoms with Gasteiger partial charge in [-0.05, 0) is 53.8 Å². The van der Waals surface area contributed by atoms with Gasteiger partial charge in [0.25, 0.3) is 0 Å². The summed E-state index contributed by atoms with van der Waals surface area (Å²) in [5.41, 5.74) is 0. The van der Waals surface area contributed by atoms with Crippen molar-refractivity contribution in [2.24, 2.45) is 0 Å². The Hall–Kier alpha value is -0.690. The van der Waals surface area contributed by atoms with Crippen molar-refractivity contribution in [3.05, 3.63) is 27.8 Å². The molecular formula is C10H9IO. The molecule has 0 aliphatic heterocycles. The van der Waals surface area contributed by atoms with E-state index in [1.165, 1.54) is 3.57 Å². The molecule has 2 heteroatoms. The summed E-state index contributed by atoms with van der Waals surface area (Å²) in [6, 6.07) is 7.91. The number of rotatable bonds is 2. The molecule has 1 aromatic carbocycles. The molecule has 0 radical (unpaired) electrons. The molecule has 0 spiro atoms. The van der Waals surface area contributed by atoms with E-state index in [1.54, 1.807) is 6.92 Å². The summed E-state index contributed by atoms with van der Waals surface area (Å²) >= 11 is 2.26. The van der Waals surface area contributed by atoms with Crippen LogP contribution in [0.25, 0.3) is 0 Å². The fraction of sp³-hybridized carbons (Fsp3) is 0.200. The molecule has 1 rings (SSSR count). The van der Waals surface area contributed by atoms with Gasteiger partial charge in [0.15, 0.2) is 0 Å². The second-order valence-electron chi connectivity index (χ2n) is 2.17. The van der Waals surface area contributed by atoms with Crippen LogP contribution in [-0.2, 0) is 0 Å².